The van der Waals surface area contributed by atoms with E-state index in [1.165, 1.54) is 33.8 Å². The van der Waals surface area contributed by atoms with Crippen LogP contribution in [-0.4, -0.2) is 11.5 Å². The summed E-state index contributed by atoms with van der Waals surface area (Å²) in [4.78, 5) is 0. The molecule has 0 aliphatic carbocycles. The second-order valence-electron chi connectivity index (χ2n) is 4.75. The normalized spacial score (nSPS) is 15.8. The largest absolute Gasteiger partial charge is 0.142 e. The molecule has 19 heavy (non-hydrogen) atoms. The highest BCUT2D eigenvalue weighted by molar-refractivity contribution is 8.19. The Labute approximate surface area is 124 Å². The van der Waals surface area contributed by atoms with Gasteiger partial charge in [0.2, 0.25) is 0 Å². The van der Waals surface area contributed by atoms with Crippen molar-refractivity contribution in [2.24, 2.45) is 0 Å². The van der Waals surface area contributed by atoms with Crippen LogP contribution in [0, 0.1) is 0 Å². The fourth-order valence-corrected chi connectivity index (χ4v) is 5.18. The quantitative estimate of drug-likeness (QED) is 0.741. The van der Waals surface area contributed by atoms with E-state index in [4.69, 9.17) is 0 Å². The van der Waals surface area contributed by atoms with E-state index in [-0.39, 0.29) is 0 Å². The van der Waals surface area contributed by atoms with Crippen LogP contribution in [0.15, 0.2) is 48.5 Å². The Balaban J connectivity index is 1.80. The standard InChI is InChI=1S/C17H18S2/c1-2-13-3-5-14(6-4-13)15-7-9-16(10-8-15)17-18-11-12-19-17/h3-10,17H,2,11-12H2,1H3. The lowest BCUT2D eigenvalue weighted by molar-refractivity contribution is 1.14. The molecule has 0 spiro atoms. The first-order chi connectivity index (χ1) is 9.36. The summed E-state index contributed by atoms with van der Waals surface area (Å²) in [5.41, 5.74) is 5.50. The second-order valence-corrected chi connectivity index (χ2v) is 7.47. The van der Waals surface area contributed by atoms with Crippen molar-refractivity contribution in [3.63, 3.8) is 0 Å². The molecule has 0 unspecified atom stereocenters. The molecule has 0 amide bonds. The topological polar surface area (TPSA) is 0 Å². The van der Waals surface area contributed by atoms with Gasteiger partial charge in [-0.25, -0.2) is 0 Å². The number of benzene rings is 2. The minimum atomic E-state index is 0.650. The molecule has 1 heterocycles. The highest BCUT2D eigenvalue weighted by Crippen LogP contribution is 2.45. The van der Waals surface area contributed by atoms with E-state index >= 15 is 0 Å². The summed E-state index contributed by atoms with van der Waals surface area (Å²) < 4.78 is 0.650. The average Bonchev–Trinajstić information content (AvgIpc) is 3.02. The van der Waals surface area contributed by atoms with E-state index in [0.29, 0.717) is 4.58 Å². The first-order valence-corrected chi connectivity index (χ1v) is 8.89. The summed E-state index contributed by atoms with van der Waals surface area (Å²) in [6.45, 7) is 2.20. The first kappa shape index (κ1) is 13.1. The van der Waals surface area contributed by atoms with Crippen LogP contribution >= 0.6 is 23.5 Å². The molecule has 0 N–H and O–H groups in total. The van der Waals surface area contributed by atoms with E-state index in [1.807, 2.05) is 0 Å². The van der Waals surface area contributed by atoms with Gasteiger partial charge >= 0.3 is 0 Å². The van der Waals surface area contributed by atoms with Crippen LogP contribution in [-0.2, 0) is 6.42 Å². The predicted molar refractivity (Wildman–Crippen MR) is 88.9 cm³/mol. The molecule has 0 nitrogen and oxygen atoms in total. The molecule has 2 heteroatoms. The van der Waals surface area contributed by atoms with E-state index in [0.717, 1.165) is 6.42 Å². The van der Waals surface area contributed by atoms with Crippen molar-refractivity contribution >= 4 is 23.5 Å². The van der Waals surface area contributed by atoms with E-state index < -0.39 is 0 Å². The molecular formula is C17H18S2. The molecule has 1 aliphatic rings. The Morgan fingerprint density at radius 2 is 1.37 bits per heavy atom. The van der Waals surface area contributed by atoms with Crippen LogP contribution in [0.25, 0.3) is 11.1 Å². The third-order valence-electron chi connectivity index (χ3n) is 3.50. The van der Waals surface area contributed by atoms with Crippen molar-refractivity contribution in [3.8, 4) is 11.1 Å². The summed E-state index contributed by atoms with van der Waals surface area (Å²) in [5, 5.41) is 0. The minimum absolute atomic E-state index is 0.650. The van der Waals surface area contributed by atoms with Crippen molar-refractivity contribution in [2.75, 3.05) is 11.5 Å². The zero-order valence-corrected chi connectivity index (χ0v) is 12.8. The molecule has 1 saturated heterocycles. The molecule has 3 rings (SSSR count). The summed E-state index contributed by atoms with van der Waals surface area (Å²) in [7, 11) is 0. The highest BCUT2D eigenvalue weighted by atomic mass is 32.2. The number of hydrogen-bond donors (Lipinski definition) is 0. The van der Waals surface area contributed by atoms with Gasteiger partial charge in [-0.3, -0.25) is 0 Å². The zero-order valence-electron chi connectivity index (χ0n) is 11.1. The third kappa shape index (κ3) is 3.01. The van der Waals surface area contributed by atoms with Crippen LogP contribution in [0.5, 0.6) is 0 Å². The Hall–Kier alpha value is -0.860. The number of rotatable bonds is 3. The minimum Gasteiger partial charge on any atom is -0.142 e. The summed E-state index contributed by atoms with van der Waals surface area (Å²) in [6.07, 6.45) is 1.11. The lowest BCUT2D eigenvalue weighted by Crippen LogP contribution is -1.86. The van der Waals surface area contributed by atoms with Gasteiger partial charge in [0.1, 0.15) is 0 Å². The monoisotopic (exact) mass is 286 g/mol. The molecule has 0 bridgehead atoms. The van der Waals surface area contributed by atoms with Gasteiger partial charge in [-0.15, -0.1) is 23.5 Å². The molecule has 2 aromatic rings. The fraction of sp³-hybridized carbons (Fsp3) is 0.294. The van der Waals surface area contributed by atoms with Crippen LogP contribution in [0.2, 0.25) is 0 Å². The molecule has 0 aromatic heterocycles. The van der Waals surface area contributed by atoms with E-state index in [2.05, 4.69) is 79.0 Å². The molecule has 0 saturated carbocycles. The van der Waals surface area contributed by atoms with Gasteiger partial charge < -0.3 is 0 Å². The van der Waals surface area contributed by atoms with Crippen molar-refractivity contribution in [2.45, 2.75) is 17.9 Å². The van der Waals surface area contributed by atoms with Crippen molar-refractivity contribution < 1.29 is 0 Å². The van der Waals surface area contributed by atoms with E-state index in [1.54, 1.807) is 0 Å². The molecule has 98 valence electrons. The molecule has 0 atom stereocenters. The molecule has 1 fully saturated rings. The van der Waals surface area contributed by atoms with Crippen LogP contribution in [0.4, 0.5) is 0 Å². The van der Waals surface area contributed by atoms with Gasteiger partial charge in [0.05, 0.1) is 4.58 Å². The zero-order chi connectivity index (χ0) is 13.1. The SMILES string of the molecule is CCc1ccc(-c2ccc(C3SCCS3)cc2)cc1. The fourth-order valence-electron chi connectivity index (χ4n) is 2.32. The summed E-state index contributed by atoms with van der Waals surface area (Å²) in [6, 6.07) is 18.0. The van der Waals surface area contributed by atoms with Crippen molar-refractivity contribution in [1.82, 2.24) is 0 Å². The maximum atomic E-state index is 2.29. The summed E-state index contributed by atoms with van der Waals surface area (Å²) >= 11 is 4.13. The number of hydrogen-bond acceptors (Lipinski definition) is 2. The molecule has 1 aliphatic heterocycles. The van der Waals surface area contributed by atoms with Gasteiger partial charge in [-0.05, 0) is 28.7 Å². The average molecular weight is 286 g/mol. The smallest absolute Gasteiger partial charge is 0.0751 e. The Bertz CT molecular complexity index is 522. The van der Waals surface area contributed by atoms with Crippen LogP contribution < -0.4 is 0 Å². The summed E-state index contributed by atoms with van der Waals surface area (Å²) in [5.74, 6) is 2.57. The molecular weight excluding hydrogens is 268 g/mol. The van der Waals surface area contributed by atoms with Crippen LogP contribution in [0.3, 0.4) is 0 Å². The number of aryl methyl sites for hydroxylation is 1. The Morgan fingerprint density at radius 1 is 0.842 bits per heavy atom. The first-order valence-electron chi connectivity index (χ1n) is 6.79. The maximum absolute atomic E-state index is 2.29. The van der Waals surface area contributed by atoms with Gasteiger partial charge in [0.15, 0.2) is 0 Å². The highest BCUT2D eigenvalue weighted by Gasteiger charge is 2.17. The van der Waals surface area contributed by atoms with Crippen molar-refractivity contribution in [3.05, 3.63) is 59.7 Å². The maximum Gasteiger partial charge on any atom is 0.0751 e. The van der Waals surface area contributed by atoms with Gasteiger partial charge in [0.25, 0.3) is 0 Å². The van der Waals surface area contributed by atoms with E-state index in [9.17, 15) is 0 Å². The predicted octanol–water partition coefficient (Wildman–Crippen LogP) is 5.39. The van der Waals surface area contributed by atoms with Gasteiger partial charge in [-0.1, -0.05) is 55.5 Å². The second kappa shape index (κ2) is 6.06. The Morgan fingerprint density at radius 3 is 1.89 bits per heavy atom. The molecule has 2 aromatic carbocycles. The lowest BCUT2D eigenvalue weighted by Gasteiger charge is -2.09. The third-order valence-corrected chi connectivity index (χ3v) is 6.60. The van der Waals surface area contributed by atoms with Crippen molar-refractivity contribution in [1.29, 1.82) is 0 Å². The van der Waals surface area contributed by atoms with Gasteiger partial charge in [0, 0.05) is 11.5 Å². The van der Waals surface area contributed by atoms with Crippen LogP contribution in [0.1, 0.15) is 22.6 Å². The molecule has 0 radical (unpaired) electrons. The number of thioether (sulfide) groups is 2. The lowest BCUT2D eigenvalue weighted by atomic mass is 10.0. The Kier molecular flexibility index (Phi) is 4.19. The van der Waals surface area contributed by atoms with Gasteiger partial charge in [-0.2, -0.15) is 0 Å².